The lowest BCUT2D eigenvalue weighted by atomic mass is 10.2. The molecular weight excluding hydrogens is 204 g/mol. The van der Waals surface area contributed by atoms with Crippen molar-refractivity contribution in [2.24, 2.45) is 0 Å². The first-order valence-electron chi connectivity index (χ1n) is 5.17. The van der Waals surface area contributed by atoms with Crippen LogP contribution in [0.25, 0.3) is 0 Å². The number of carbonyl (C=O) groups excluding carboxylic acids is 1. The Hall–Kier alpha value is -1.93. The molecule has 0 bridgehead atoms. The number of piperazine rings is 1. The van der Waals surface area contributed by atoms with Crippen LogP contribution in [0.1, 0.15) is 10.4 Å². The number of pyridine rings is 1. The monoisotopic (exact) mass is 216 g/mol. The zero-order valence-electron chi connectivity index (χ0n) is 8.81. The molecule has 1 aliphatic rings. The predicted octanol–water partition coefficient (Wildman–Crippen LogP) is 0.197. The van der Waals surface area contributed by atoms with Gasteiger partial charge in [-0.3, -0.25) is 4.79 Å². The maximum Gasteiger partial charge on any atom is 0.263 e. The molecule has 1 aromatic rings. The minimum atomic E-state index is -0.542. The lowest BCUT2D eigenvalue weighted by Gasteiger charge is -2.28. The SMILES string of the molecule is N#CC(=O)c1ccc(N2CCNCC2)nc1. The van der Waals surface area contributed by atoms with E-state index in [0.29, 0.717) is 5.56 Å². The average Bonchev–Trinajstić information content (AvgIpc) is 2.39. The molecule has 1 fully saturated rings. The second-order valence-electron chi connectivity index (χ2n) is 3.58. The molecule has 1 aliphatic heterocycles. The normalized spacial score (nSPS) is 15.6. The van der Waals surface area contributed by atoms with Gasteiger partial charge < -0.3 is 10.2 Å². The summed E-state index contributed by atoms with van der Waals surface area (Å²) in [5.41, 5.74) is 0.349. The van der Waals surface area contributed by atoms with Gasteiger partial charge in [0, 0.05) is 32.4 Å². The number of hydrogen-bond donors (Lipinski definition) is 1. The third-order valence-corrected chi connectivity index (χ3v) is 2.55. The van der Waals surface area contributed by atoms with E-state index < -0.39 is 5.78 Å². The van der Waals surface area contributed by atoms with Crippen LogP contribution in [-0.4, -0.2) is 36.9 Å². The van der Waals surface area contributed by atoms with Crippen LogP contribution < -0.4 is 10.2 Å². The summed E-state index contributed by atoms with van der Waals surface area (Å²) in [5, 5.41) is 11.7. The van der Waals surface area contributed by atoms with Crippen molar-refractivity contribution in [3.05, 3.63) is 23.9 Å². The van der Waals surface area contributed by atoms with Crippen LogP contribution in [0.3, 0.4) is 0 Å². The van der Waals surface area contributed by atoms with Crippen LogP contribution in [-0.2, 0) is 0 Å². The van der Waals surface area contributed by atoms with Crippen molar-refractivity contribution < 1.29 is 4.79 Å². The van der Waals surface area contributed by atoms with Crippen LogP contribution in [0.2, 0.25) is 0 Å². The smallest absolute Gasteiger partial charge is 0.263 e. The van der Waals surface area contributed by atoms with E-state index in [2.05, 4.69) is 15.2 Å². The second-order valence-corrected chi connectivity index (χ2v) is 3.58. The number of nitrogens with one attached hydrogen (secondary N) is 1. The van der Waals surface area contributed by atoms with Gasteiger partial charge in [0.25, 0.3) is 5.78 Å². The molecule has 16 heavy (non-hydrogen) atoms. The van der Waals surface area contributed by atoms with E-state index in [9.17, 15) is 4.79 Å². The summed E-state index contributed by atoms with van der Waals surface area (Å²) in [6.45, 7) is 3.72. The zero-order chi connectivity index (χ0) is 11.4. The van der Waals surface area contributed by atoms with Gasteiger partial charge in [-0.15, -0.1) is 0 Å². The molecule has 5 heteroatoms. The van der Waals surface area contributed by atoms with Crippen molar-refractivity contribution in [3.8, 4) is 6.07 Å². The first kappa shape index (κ1) is 10.6. The van der Waals surface area contributed by atoms with Gasteiger partial charge in [0.1, 0.15) is 11.9 Å². The molecule has 0 aromatic carbocycles. The minimum Gasteiger partial charge on any atom is -0.354 e. The van der Waals surface area contributed by atoms with Gasteiger partial charge in [0.05, 0.1) is 5.56 Å². The van der Waals surface area contributed by atoms with Gasteiger partial charge >= 0.3 is 0 Å². The molecule has 82 valence electrons. The highest BCUT2D eigenvalue weighted by atomic mass is 16.1. The van der Waals surface area contributed by atoms with Crippen LogP contribution in [0.4, 0.5) is 5.82 Å². The summed E-state index contributed by atoms with van der Waals surface area (Å²) in [6, 6.07) is 5.01. The van der Waals surface area contributed by atoms with E-state index in [4.69, 9.17) is 5.26 Å². The highest BCUT2D eigenvalue weighted by Gasteiger charge is 2.12. The van der Waals surface area contributed by atoms with Crippen molar-refractivity contribution in [1.82, 2.24) is 10.3 Å². The molecule has 0 amide bonds. The van der Waals surface area contributed by atoms with Crippen LogP contribution in [0.5, 0.6) is 0 Å². The van der Waals surface area contributed by atoms with Gasteiger partial charge in [-0.2, -0.15) is 5.26 Å². The molecular formula is C11H12N4O. The first-order valence-corrected chi connectivity index (χ1v) is 5.17. The molecule has 1 saturated heterocycles. The Morgan fingerprint density at radius 2 is 2.19 bits per heavy atom. The number of anilines is 1. The van der Waals surface area contributed by atoms with Crippen molar-refractivity contribution in [3.63, 3.8) is 0 Å². The van der Waals surface area contributed by atoms with Gasteiger partial charge in [0.15, 0.2) is 0 Å². The highest BCUT2D eigenvalue weighted by molar-refractivity contribution is 6.07. The van der Waals surface area contributed by atoms with E-state index in [1.165, 1.54) is 6.20 Å². The molecule has 2 rings (SSSR count). The third kappa shape index (κ3) is 2.18. The Balaban J connectivity index is 2.12. The Morgan fingerprint density at radius 3 is 2.75 bits per heavy atom. The molecule has 0 unspecified atom stereocenters. The standard InChI is InChI=1S/C11H12N4O/c12-7-10(16)9-1-2-11(14-8-9)15-5-3-13-4-6-15/h1-2,8,13H,3-6H2. The van der Waals surface area contributed by atoms with E-state index in [1.54, 1.807) is 18.2 Å². The largest absolute Gasteiger partial charge is 0.354 e. The number of nitrogens with zero attached hydrogens (tertiary/aromatic N) is 3. The highest BCUT2D eigenvalue weighted by Crippen LogP contribution is 2.11. The number of carbonyl (C=O) groups is 1. The zero-order valence-corrected chi connectivity index (χ0v) is 8.81. The van der Waals surface area contributed by atoms with Gasteiger partial charge in [-0.25, -0.2) is 4.98 Å². The van der Waals surface area contributed by atoms with Crippen molar-refractivity contribution in [1.29, 1.82) is 5.26 Å². The van der Waals surface area contributed by atoms with Crippen molar-refractivity contribution >= 4 is 11.6 Å². The number of Topliss-reactive ketones (excluding diaryl/α,β-unsaturated/α-hetero) is 1. The molecule has 1 N–H and O–H groups in total. The average molecular weight is 216 g/mol. The van der Waals surface area contributed by atoms with E-state index >= 15 is 0 Å². The molecule has 5 nitrogen and oxygen atoms in total. The molecule has 1 aromatic heterocycles. The Morgan fingerprint density at radius 1 is 1.44 bits per heavy atom. The maximum absolute atomic E-state index is 11.1. The quantitative estimate of drug-likeness (QED) is 0.565. The fourth-order valence-electron chi connectivity index (χ4n) is 1.67. The number of ketones is 1. The summed E-state index contributed by atoms with van der Waals surface area (Å²) >= 11 is 0. The van der Waals surface area contributed by atoms with Gasteiger partial charge in [0.2, 0.25) is 0 Å². The number of aromatic nitrogens is 1. The fourth-order valence-corrected chi connectivity index (χ4v) is 1.67. The maximum atomic E-state index is 11.1. The lowest BCUT2D eigenvalue weighted by Crippen LogP contribution is -2.43. The van der Waals surface area contributed by atoms with E-state index in [-0.39, 0.29) is 0 Å². The van der Waals surface area contributed by atoms with Crippen molar-refractivity contribution in [2.75, 3.05) is 31.1 Å². The Bertz CT molecular complexity index is 415. The summed E-state index contributed by atoms with van der Waals surface area (Å²) < 4.78 is 0. The summed E-state index contributed by atoms with van der Waals surface area (Å²) in [5.74, 6) is 0.315. The Labute approximate surface area is 93.7 Å². The number of hydrogen-bond acceptors (Lipinski definition) is 5. The summed E-state index contributed by atoms with van der Waals surface area (Å²) in [7, 11) is 0. The van der Waals surface area contributed by atoms with E-state index in [0.717, 1.165) is 32.0 Å². The third-order valence-electron chi connectivity index (χ3n) is 2.55. The molecule has 0 radical (unpaired) electrons. The fraction of sp³-hybridized carbons (Fsp3) is 0.364. The summed E-state index contributed by atoms with van der Waals surface area (Å²) in [4.78, 5) is 17.4. The molecule has 0 saturated carbocycles. The molecule has 0 spiro atoms. The molecule has 0 aliphatic carbocycles. The van der Waals surface area contributed by atoms with E-state index in [1.807, 2.05) is 0 Å². The predicted molar refractivity (Wildman–Crippen MR) is 59.3 cm³/mol. The summed E-state index contributed by atoms with van der Waals surface area (Å²) in [6.07, 6.45) is 1.46. The van der Waals surface area contributed by atoms with Crippen LogP contribution in [0, 0.1) is 11.3 Å². The number of nitriles is 1. The van der Waals surface area contributed by atoms with Crippen LogP contribution >= 0.6 is 0 Å². The lowest BCUT2D eigenvalue weighted by molar-refractivity contribution is 0.105. The van der Waals surface area contributed by atoms with Gasteiger partial charge in [-0.1, -0.05) is 0 Å². The van der Waals surface area contributed by atoms with Crippen molar-refractivity contribution in [2.45, 2.75) is 0 Å². The van der Waals surface area contributed by atoms with Gasteiger partial charge in [-0.05, 0) is 12.1 Å². The Kier molecular flexibility index (Phi) is 3.13. The topological polar surface area (TPSA) is 69.0 Å². The molecule has 0 atom stereocenters. The minimum absolute atomic E-state index is 0.349. The second kappa shape index (κ2) is 4.73. The number of rotatable bonds is 2. The molecule has 2 heterocycles. The first-order chi connectivity index (χ1) is 7.81. The van der Waals surface area contributed by atoms with Crippen LogP contribution in [0.15, 0.2) is 18.3 Å².